The Balaban J connectivity index is 2.38. The van der Waals surface area contributed by atoms with E-state index in [0.29, 0.717) is 30.0 Å². The van der Waals surface area contributed by atoms with Gasteiger partial charge < -0.3 is 14.9 Å². The van der Waals surface area contributed by atoms with Crippen molar-refractivity contribution in [2.75, 3.05) is 38.6 Å². The van der Waals surface area contributed by atoms with Gasteiger partial charge in [-0.05, 0) is 64.3 Å². The molecule has 0 bridgehead atoms. The predicted molar refractivity (Wildman–Crippen MR) is 108 cm³/mol. The molecule has 2 aromatic rings. The van der Waals surface area contributed by atoms with E-state index in [4.69, 9.17) is 0 Å². The van der Waals surface area contributed by atoms with Crippen molar-refractivity contribution in [2.45, 2.75) is 13.8 Å². The zero-order valence-corrected chi connectivity index (χ0v) is 16.3. The first kappa shape index (κ1) is 20.5. The molecule has 0 saturated heterocycles. The largest absolute Gasteiger partial charge is 0.508 e. The second kappa shape index (κ2) is 9.19. The van der Waals surface area contributed by atoms with Gasteiger partial charge in [-0.3, -0.25) is 14.5 Å². The van der Waals surface area contributed by atoms with Crippen LogP contribution in [0.3, 0.4) is 0 Å². The summed E-state index contributed by atoms with van der Waals surface area (Å²) in [6.45, 7) is 5.40. The highest BCUT2D eigenvalue weighted by molar-refractivity contribution is 6.02. The fourth-order valence-corrected chi connectivity index (χ4v) is 2.86. The van der Waals surface area contributed by atoms with E-state index in [1.165, 1.54) is 0 Å². The zero-order chi connectivity index (χ0) is 20.0. The van der Waals surface area contributed by atoms with Crippen molar-refractivity contribution in [3.05, 3.63) is 54.1 Å². The number of hydrogen-bond acceptors (Lipinski definition) is 4. The monoisotopic (exact) mass is 369 g/mol. The Morgan fingerprint density at radius 1 is 0.926 bits per heavy atom. The molecule has 0 aliphatic heterocycles. The molecule has 2 aromatic carbocycles. The number of anilines is 2. The molecule has 0 fully saturated rings. The van der Waals surface area contributed by atoms with E-state index in [9.17, 15) is 14.7 Å². The van der Waals surface area contributed by atoms with Gasteiger partial charge in [0.25, 0.3) is 5.91 Å². The predicted octanol–water partition coefficient (Wildman–Crippen LogP) is 3.10. The van der Waals surface area contributed by atoms with Crippen LogP contribution in [-0.4, -0.2) is 60.5 Å². The Morgan fingerprint density at radius 3 is 2.07 bits per heavy atom. The lowest BCUT2D eigenvalue weighted by molar-refractivity contribution is -0.118. The van der Waals surface area contributed by atoms with Gasteiger partial charge in [0.15, 0.2) is 0 Å². The number of carbonyl (C=O) groups is 2. The second-order valence-corrected chi connectivity index (χ2v) is 6.51. The third-order valence-electron chi connectivity index (χ3n) is 4.21. The van der Waals surface area contributed by atoms with Gasteiger partial charge in [-0.1, -0.05) is 6.07 Å². The molecule has 0 unspecified atom stereocenters. The average molecular weight is 369 g/mol. The number of amides is 2. The molecule has 1 N–H and O–H groups in total. The molecule has 2 amide bonds. The highest BCUT2D eigenvalue weighted by Crippen LogP contribution is 2.28. The smallest absolute Gasteiger partial charge is 0.253 e. The SMILES string of the molecule is CCN(CC)C(=O)c1ccc(N(C(=O)CN(C)C)c2cccc(O)c2)cc1. The van der Waals surface area contributed by atoms with Crippen molar-refractivity contribution in [2.24, 2.45) is 0 Å². The first-order chi connectivity index (χ1) is 12.9. The Labute approximate surface area is 160 Å². The van der Waals surface area contributed by atoms with Crippen LogP contribution in [0.15, 0.2) is 48.5 Å². The summed E-state index contributed by atoms with van der Waals surface area (Å²) in [5.41, 5.74) is 1.80. The molecule has 144 valence electrons. The van der Waals surface area contributed by atoms with Gasteiger partial charge in [0.05, 0.1) is 12.2 Å². The maximum atomic E-state index is 12.8. The zero-order valence-electron chi connectivity index (χ0n) is 16.3. The molecule has 27 heavy (non-hydrogen) atoms. The highest BCUT2D eigenvalue weighted by Gasteiger charge is 2.20. The summed E-state index contributed by atoms with van der Waals surface area (Å²) in [7, 11) is 3.65. The summed E-state index contributed by atoms with van der Waals surface area (Å²) in [5.74, 6) is -0.0769. The molecular formula is C21H27N3O3. The Kier molecular flexibility index (Phi) is 6.96. The molecule has 2 rings (SSSR count). The van der Waals surface area contributed by atoms with Gasteiger partial charge in [0, 0.05) is 30.4 Å². The average Bonchev–Trinajstić information content (AvgIpc) is 2.63. The Bertz CT molecular complexity index is 784. The molecule has 6 heteroatoms. The summed E-state index contributed by atoms with van der Waals surface area (Å²) < 4.78 is 0. The van der Waals surface area contributed by atoms with E-state index >= 15 is 0 Å². The van der Waals surface area contributed by atoms with Crippen LogP contribution in [0.5, 0.6) is 5.75 Å². The summed E-state index contributed by atoms with van der Waals surface area (Å²) in [5, 5.41) is 9.81. The van der Waals surface area contributed by atoms with E-state index in [-0.39, 0.29) is 24.1 Å². The maximum Gasteiger partial charge on any atom is 0.253 e. The van der Waals surface area contributed by atoms with Gasteiger partial charge in [-0.25, -0.2) is 0 Å². The number of phenols is 1. The summed E-state index contributed by atoms with van der Waals surface area (Å²) in [6, 6.07) is 13.5. The summed E-state index contributed by atoms with van der Waals surface area (Å²) in [4.78, 5) is 30.4. The molecule has 0 aliphatic rings. The number of rotatable bonds is 7. The number of hydrogen-bond donors (Lipinski definition) is 1. The van der Waals surface area contributed by atoms with Crippen LogP contribution < -0.4 is 4.90 Å². The van der Waals surface area contributed by atoms with Crippen LogP contribution in [0.25, 0.3) is 0 Å². The molecule has 0 aliphatic carbocycles. The van der Waals surface area contributed by atoms with E-state index in [0.717, 1.165) is 0 Å². The molecule has 6 nitrogen and oxygen atoms in total. The van der Waals surface area contributed by atoms with Crippen molar-refractivity contribution >= 4 is 23.2 Å². The number of carbonyl (C=O) groups excluding carboxylic acids is 2. The van der Waals surface area contributed by atoms with E-state index in [1.54, 1.807) is 63.2 Å². The van der Waals surface area contributed by atoms with E-state index in [1.807, 2.05) is 27.9 Å². The van der Waals surface area contributed by atoms with Gasteiger partial charge in [0.1, 0.15) is 5.75 Å². The van der Waals surface area contributed by atoms with Crippen LogP contribution >= 0.6 is 0 Å². The van der Waals surface area contributed by atoms with Crippen LogP contribution in [0.4, 0.5) is 11.4 Å². The molecule has 0 atom stereocenters. The number of aromatic hydroxyl groups is 1. The van der Waals surface area contributed by atoms with E-state index < -0.39 is 0 Å². The Hall–Kier alpha value is -2.86. The highest BCUT2D eigenvalue weighted by atomic mass is 16.3. The first-order valence-corrected chi connectivity index (χ1v) is 9.03. The lowest BCUT2D eigenvalue weighted by Crippen LogP contribution is -2.34. The fourth-order valence-electron chi connectivity index (χ4n) is 2.86. The normalized spacial score (nSPS) is 10.7. The lowest BCUT2D eigenvalue weighted by atomic mass is 10.1. The minimum absolute atomic E-state index is 0.0323. The standard InChI is InChI=1S/C21H27N3O3/c1-5-23(6-2)21(27)16-10-12-17(13-11-16)24(20(26)15-22(3)4)18-8-7-9-19(25)14-18/h7-14,25H,5-6,15H2,1-4H3. The molecular weight excluding hydrogens is 342 g/mol. The topological polar surface area (TPSA) is 64.1 Å². The van der Waals surface area contributed by atoms with Crippen LogP contribution in [-0.2, 0) is 4.79 Å². The van der Waals surface area contributed by atoms with Crippen LogP contribution in [0.2, 0.25) is 0 Å². The van der Waals surface area contributed by atoms with Gasteiger partial charge >= 0.3 is 0 Å². The first-order valence-electron chi connectivity index (χ1n) is 9.03. The summed E-state index contributed by atoms with van der Waals surface area (Å²) >= 11 is 0. The lowest BCUT2D eigenvalue weighted by Gasteiger charge is -2.25. The quantitative estimate of drug-likeness (QED) is 0.815. The van der Waals surface area contributed by atoms with Crippen molar-refractivity contribution in [1.82, 2.24) is 9.80 Å². The number of nitrogens with zero attached hydrogens (tertiary/aromatic N) is 3. The molecule has 0 heterocycles. The Morgan fingerprint density at radius 2 is 1.56 bits per heavy atom. The molecule has 0 saturated carbocycles. The third kappa shape index (κ3) is 5.08. The number of benzene rings is 2. The molecule has 0 spiro atoms. The molecule has 0 radical (unpaired) electrons. The van der Waals surface area contributed by atoms with E-state index in [2.05, 4.69) is 0 Å². The van der Waals surface area contributed by atoms with Gasteiger partial charge in [-0.15, -0.1) is 0 Å². The van der Waals surface area contributed by atoms with Gasteiger partial charge in [-0.2, -0.15) is 0 Å². The summed E-state index contributed by atoms with van der Waals surface area (Å²) in [6.07, 6.45) is 0. The number of likely N-dealkylation sites (N-methyl/N-ethyl adjacent to an activating group) is 1. The van der Waals surface area contributed by atoms with Gasteiger partial charge in [0.2, 0.25) is 5.91 Å². The van der Waals surface area contributed by atoms with Crippen molar-refractivity contribution < 1.29 is 14.7 Å². The minimum Gasteiger partial charge on any atom is -0.508 e. The maximum absolute atomic E-state index is 12.8. The fraction of sp³-hybridized carbons (Fsp3) is 0.333. The van der Waals surface area contributed by atoms with Crippen LogP contribution in [0, 0.1) is 0 Å². The minimum atomic E-state index is -0.131. The van der Waals surface area contributed by atoms with Crippen molar-refractivity contribution in [1.29, 1.82) is 0 Å². The number of phenolic OH excluding ortho intramolecular Hbond substituents is 1. The second-order valence-electron chi connectivity index (χ2n) is 6.51. The van der Waals surface area contributed by atoms with Crippen molar-refractivity contribution in [3.8, 4) is 5.75 Å². The molecule has 0 aromatic heterocycles. The van der Waals surface area contributed by atoms with Crippen LogP contribution in [0.1, 0.15) is 24.2 Å². The van der Waals surface area contributed by atoms with Crippen molar-refractivity contribution in [3.63, 3.8) is 0 Å². The third-order valence-corrected chi connectivity index (χ3v) is 4.21.